The number of benzene rings is 2. The van der Waals surface area contributed by atoms with Crippen LogP contribution in [-0.2, 0) is 17.6 Å². The number of hydrogen-bond donors (Lipinski definition) is 1. The second kappa shape index (κ2) is 8.55. The van der Waals surface area contributed by atoms with Crippen molar-refractivity contribution in [2.24, 2.45) is 0 Å². The van der Waals surface area contributed by atoms with Gasteiger partial charge in [-0.3, -0.25) is 0 Å². The van der Waals surface area contributed by atoms with Crippen molar-refractivity contribution in [1.29, 1.82) is 0 Å². The van der Waals surface area contributed by atoms with E-state index in [9.17, 15) is 17.6 Å². The van der Waals surface area contributed by atoms with Gasteiger partial charge in [0.25, 0.3) is 0 Å². The summed E-state index contributed by atoms with van der Waals surface area (Å²) in [6.07, 6.45) is 5.38. The highest BCUT2D eigenvalue weighted by atomic mass is 19.2. The number of rotatable bonds is 5. The molecule has 0 bridgehead atoms. The maximum absolute atomic E-state index is 14.5. The summed E-state index contributed by atoms with van der Waals surface area (Å²) < 4.78 is 68.3. The second-order valence-electron chi connectivity index (χ2n) is 7.35. The average molecular weight is 408 g/mol. The van der Waals surface area contributed by atoms with Gasteiger partial charge < -0.3 is 14.4 Å². The van der Waals surface area contributed by atoms with Crippen molar-refractivity contribution in [3.8, 4) is 11.5 Å². The molecule has 154 valence electrons. The van der Waals surface area contributed by atoms with Crippen LogP contribution in [0.15, 0.2) is 24.3 Å². The Morgan fingerprint density at radius 2 is 1.62 bits per heavy atom. The number of hydrogen-bond acceptors (Lipinski definition) is 2. The van der Waals surface area contributed by atoms with Gasteiger partial charge in [-0.1, -0.05) is 6.07 Å². The van der Waals surface area contributed by atoms with E-state index in [1.165, 1.54) is 11.0 Å². The minimum absolute atomic E-state index is 0.154. The van der Waals surface area contributed by atoms with Gasteiger partial charge in [0.2, 0.25) is 17.4 Å². The maximum Gasteiger partial charge on any atom is 0.205 e. The Kier molecular flexibility index (Phi) is 5.87. The summed E-state index contributed by atoms with van der Waals surface area (Å²) >= 11 is 0. The van der Waals surface area contributed by atoms with E-state index in [1.54, 1.807) is 12.1 Å². The zero-order valence-corrected chi connectivity index (χ0v) is 15.9. The average Bonchev–Trinajstić information content (AvgIpc) is 3.21. The molecule has 4 rings (SSSR count). The fourth-order valence-electron chi connectivity index (χ4n) is 3.80. The normalized spacial score (nSPS) is 17.1. The molecular weight excluding hydrogens is 386 g/mol. The van der Waals surface area contributed by atoms with Crippen LogP contribution < -0.4 is 9.64 Å². The van der Waals surface area contributed by atoms with Crippen LogP contribution in [0.5, 0.6) is 11.5 Å². The molecule has 3 nitrogen and oxygen atoms in total. The first-order valence-corrected chi connectivity index (χ1v) is 9.78. The van der Waals surface area contributed by atoms with Crippen molar-refractivity contribution in [2.75, 3.05) is 32.8 Å². The summed E-state index contributed by atoms with van der Waals surface area (Å²) in [5.74, 6) is -6.91. The Labute approximate surface area is 166 Å². The number of halogens is 4. The molecule has 7 heteroatoms. The van der Waals surface area contributed by atoms with Crippen LogP contribution in [0.2, 0.25) is 0 Å². The predicted octanol–water partition coefficient (Wildman–Crippen LogP) is 3.45. The molecule has 1 fully saturated rings. The van der Waals surface area contributed by atoms with Gasteiger partial charge in [0.1, 0.15) is 18.8 Å². The van der Waals surface area contributed by atoms with Gasteiger partial charge in [0.15, 0.2) is 11.6 Å². The lowest BCUT2D eigenvalue weighted by Crippen LogP contribution is -3.13. The fourth-order valence-corrected chi connectivity index (χ4v) is 3.80. The molecule has 1 aliphatic carbocycles. The van der Waals surface area contributed by atoms with Crippen LogP contribution in [0, 0.1) is 23.3 Å². The van der Waals surface area contributed by atoms with Gasteiger partial charge in [-0.05, 0) is 54.7 Å². The lowest BCUT2D eigenvalue weighted by atomic mass is 10.1. The Morgan fingerprint density at radius 3 is 2.34 bits per heavy atom. The molecule has 29 heavy (non-hydrogen) atoms. The molecule has 0 unspecified atom stereocenters. The highest BCUT2D eigenvalue weighted by Crippen LogP contribution is 2.35. The van der Waals surface area contributed by atoms with Crippen molar-refractivity contribution in [3.05, 3.63) is 64.2 Å². The molecule has 2 aliphatic rings. The van der Waals surface area contributed by atoms with Crippen LogP contribution in [0.3, 0.4) is 0 Å². The molecule has 2 aromatic rings. The van der Waals surface area contributed by atoms with Gasteiger partial charge in [0.05, 0.1) is 25.3 Å². The van der Waals surface area contributed by atoms with Crippen LogP contribution in [0.4, 0.5) is 17.6 Å². The zero-order valence-electron chi connectivity index (χ0n) is 15.9. The van der Waals surface area contributed by atoms with E-state index in [0.29, 0.717) is 19.8 Å². The number of quaternary nitrogens is 1. The summed E-state index contributed by atoms with van der Waals surface area (Å²) in [6.45, 7) is 3.25. The highest BCUT2D eigenvalue weighted by Gasteiger charge is 2.26. The standard InChI is InChI=1S/C22H21F4NO2/c23-18-17(5-2-8-27-9-11-28-12-10-27)19(24)21(26)22(20(18)25)29-16-7-6-14-3-1-4-15(14)13-16/h2,5-7,13H,1,3-4,8-12H2/p+1/b5-2+. The van der Waals surface area contributed by atoms with Gasteiger partial charge in [-0.15, -0.1) is 0 Å². The molecule has 1 heterocycles. The van der Waals surface area contributed by atoms with E-state index in [2.05, 4.69) is 0 Å². The van der Waals surface area contributed by atoms with Gasteiger partial charge in [0, 0.05) is 0 Å². The topological polar surface area (TPSA) is 22.9 Å². The van der Waals surface area contributed by atoms with E-state index in [1.807, 2.05) is 6.07 Å². The summed E-state index contributed by atoms with van der Waals surface area (Å²) in [6, 6.07) is 5.03. The first kappa shape index (κ1) is 19.9. The highest BCUT2D eigenvalue weighted by molar-refractivity contribution is 5.54. The van der Waals surface area contributed by atoms with Gasteiger partial charge in [-0.25, -0.2) is 8.78 Å². The van der Waals surface area contributed by atoms with E-state index < -0.39 is 34.6 Å². The third-order valence-electron chi connectivity index (χ3n) is 5.44. The molecule has 1 N–H and O–H groups in total. The van der Waals surface area contributed by atoms with E-state index in [0.717, 1.165) is 49.6 Å². The number of aryl methyl sites for hydroxylation is 2. The number of fused-ring (bicyclic) bond motifs is 1. The number of morpholine rings is 1. The zero-order chi connectivity index (χ0) is 20.4. The van der Waals surface area contributed by atoms with Crippen molar-refractivity contribution >= 4 is 6.08 Å². The molecule has 2 aromatic carbocycles. The maximum atomic E-state index is 14.5. The third kappa shape index (κ3) is 4.16. The van der Waals surface area contributed by atoms with Crippen molar-refractivity contribution in [3.63, 3.8) is 0 Å². The monoisotopic (exact) mass is 408 g/mol. The summed E-state index contributed by atoms with van der Waals surface area (Å²) in [5.41, 5.74) is 1.43. The number of ether oxygens (including phenoxy) is 2. The summed E-state index contributed by atoms with van der Waals surface area (Å²) in [5, 5.41) is 0. The first-order chi connectivity index (χ1) is 14.0. The smallest absolute Gasteiger partial charge is 0.205 e. The van der Waals surface area contributed by atoms with E-state index >= 15 is 0 Å². The summed E-state index contributed by atoms with van der Waals surface area (Å²) in [7, 11) is 0. The van der Waals surface area contributed by atoms with Crippen LogP contribution >= 0.6 is 0 Å². The third-order valence-corrected chi connectivity index (χ3v) is 5.44. The quantitative estimate of drug-likeness (QED) is 0.605. The Morgan fingerprint density at radius 1 is 0.931 bits per heavy atom. The largest absolute Gasteiger partial charge is 0.451 e. The molecule has 1 saturated heterocycles. The lowest BCUT2D eigenvalue weighted by molar-refractivity contribution is -0.902. The fraction of sp³-hybridized carbons (Fsp3) is 0.364. The molecule has 0 amide bonds. The molecule has 1 aliphatic heterocycles. The van der Waals surface area contributed by atoms with Crippen LogP contribution in [0.1, 0.15) is 23.1 Å². The molecule has 0 saturated carbocycles. The second-order valence-corrected chi connectivity index (χ2v) is 7.35. The molecule has 0 radical (unpaired) electrons. The SMILES string of the molecule is Fc1c(F)c(Oc2ccc3c(c2)CCC3)c(F)c(F)c1/C=C/C[NH+]1CCOCC1. The van der Waals surface area contributed by atoms with Gasteiger partial charge in [-0.2, -0.15) is 8.78 Å². The van der Waals surface area contributed by atoms with Crippen molar-refractivity contribution in [2.45, 2.75) is 19.3 Å². The predicted molar refractivity (Wildman–Crippen MR) is 100 cm³/mol. The van der Waals surface area contributed by atoms with Crippen LogP contribution in [0.25, 0.3) is 6.08 Å². The summed E-state index contributed by atoms with van der Waals surface area (Å²) in [4.78, 5) is 1.17. The van der Waals surface area contributed by atoms with E-state index in [4.69, 9.17) is 9.47 Å². The minimum atomic E-state index is -1.54. The molecule has 0 aromatic heterocycles. The van der Waals surface area contributed by atoms with Crippen LogP contribution in [-0.4, -0.2) is 32.8 Å². The minimum Gasteiger partial charge on any atom is -0.451 e. The Balaban J connectivity index is 1.56. The van der Waals surface area contributed by atoms with Gasteiger partial charge >= 0.3 is 0 Å². The lowest BCUT2D eigenvalue weighted by Gasteiger charge is -2.22. The first-order valence-electron chi connectivity index (χ1n) is 9.78. The Bertz CT molecular complexity index is 910. The van der Waals surface area contributed by atoms with Crippen molar-refractivity contribution in [1.82, 2.24) is 0 Å². The molecular formula is C22H22F4NO2+. The molecule has 0 atom stereocenters. The van der Waals surface area contributed by atoms with E-state index in [-0.39, 0.29) is 5.75 Å². The molecule has 0 spiro atoms. The Hall–Kier alpha value is -2.38. The number of nitrogens with one attached hydrogen (secondary N) is 1. The van der Waals surface area contributed by atoms with Crippen molar-refractivity contribution < 1.29 is 31.9 Å².